The number of hydrogen-bond donors (Lipinski definition) is 1. The van der Waals surface area contributed by atoms with Gasteiger partial charge in [0.15, 0.2) is 6.10 Å². The molecule has 178 valence electrons. The fourth-order valence-corrected chi connectivity index (χ4v) is 6.09. The number of hydrogen-bond acceptors (Lipinski definition) is 6. The lowest BCUT2D eigenvalue weighted by molar-refractivity contribution is -0.158. The highest BCUT2D eigenvalue weighted by atomic mass is 32.1. The van der Waals surface area contributed by atoms with Crippen LogP contribution in [0.15, 0.2) is 0 Å². The third-order valence-corrected chi connectivity index (χ3v) is 8.04. The Balaban J connectivity index is 1.62. The Morgan fingerprint density at radius 3 is 2.38 bits per heavy atom. The number of rotatable bonds is 6. The lowest BCUT2D eigenvalue weighted by Crippen LogP contribution is -2.35. The van der Waals surface area contributed by atoms with Crippen LogP contribution in [0.25, 0.3) is 0 Å². The quantitative estimate of drug-likeness (QED) is 0.561. The standard InChI is InChI=1S/C25H37NO5S/c1-6-30-24(29)20-18-9-7-8-10-19(18)32-22(20)26-21(27)15(2)31-23(28)16-11-13-17(14-12-16)25(3,4)5/h15-17H,6-14H2,1-5H3,(H,26,27). The molecule has 0 spiro atoms. The minimum absolute atomic E-state index is 0.145. The minimum Gasteiger partial charge on any atom is -0.462 e. The van der Waals surface area contributed by atoms with Gasteiger partial charge in [-0.3, -0.25) is 9.59 Å². The molecular formula is C25H37NO5S. The van der Waals surface area contributed by atoms with Crippen molar-refractivity contribution in [3.05, 3.63) is 16.0 Å². The highest BCUT2D eigenvalue weighted by Crippen LogP contribution is 2.41. The van der Waals surface area contributed by atoms with Crippen molar-refractivity contribution >= 4 is 34.2 Å². The van der Waals surface area contributed by atoms with Crippen molar-refractivity contribution in [2.24, 2.45) is 17.3 Å². The second-order valence-electron chi connectivity index (χ2n) is 10.1. The average molecular weight is 464 g/mol. The van der Waals surface area contributed by atoms with Crippen molar-refractivity contribution in [1.82, 2.24) is 0 Å². The summed E-state index contributed by atoms with van der Waals surface area (Å²) in [5.74, 6) is -0.643. The molecule has 0 radical (unpaired) electrons. The van der Waals surface area contributed by atoms with Gasteiger partial charge in [-0.15, -0.1) is 11.3 Å². The number of carbonyl (C=O) groups excluding carboxylic acids is 3. The number of thiophene rings is 1. The smallest absolute Gasteiger partial charge is 0.341 e. The van der Waals surface area contributed by atoms with Crippen LogP contribution in [0.4, 0.5) is 5.00 Å². The predicted octanol–water partition coefficient (Wildman–Crippen LogP) is 5.53. The lowest BCUT2D eigenvalue weighted by atomic mass is 9.70. The minimum atomic E-state index is -0.919. The summed E-state index contributed by atoms with van der Waals surface area (Å²) in [6, 6.07) is 0. The molecule has 1 aromatic rings. The van der Waals surface area contributed by atoms with E-state index in [1.165, 1.54) is 11.3 Å². The molecule has 1 fully saturated rings. The largest absolute Gasteiger partial charge is 0.462 e. The van der Waals surface area contributed by atoms with Crippen LogP contribution < -0.4 is 5.32 Å². The highest BCUT2D eigenvalue weighted by molar-refractivity contribution is 7.17. The molecule has 6 nitrogen and oxygen atoms in total. The first-order chi connectivity index (χ1) is 15.1. The van der Waals surface area contributed by atoms with Gasteiger partial charge in [0.25, 0.3) is 5.91 Å². The monoisotopic (exact) mass is 463 g/mol. The molecule has 1 atom stereocenters. The Hall–Kier alpha value is -1.89. The van der Waals surface area contributed by atoms with E-state index in [0.29, 0.717) is 16.5 Å². The van der Waals surface area contributed by atoms with Gasteiger partial charge in [0.05, 0.1) is 18.1 Å². The van der Waals surface area contributed by atoms with E-state index >= 15 is 0 Å². The molecule has 3 rings (SSSR count). The number of amides is 1. The Labute approximate surface area is 195 Å². The van der Waals surface area contributed by atoms with Crippen molar-refractivity contribution < 1.29 is 23.9 Å². The first kappa shape index (κ1) is 24.7. The molecule has 0 aliphatic heterocycles. The van der Waals surface area contributed by atoms with E-state index < -0.39 is 18.0 Å². The average Bonchev–Trinajstić information content (AvgIpc) is 3.11. The number of anilines is 1. The van der Waals surface area contributed by atoms with Gasteiger partial charge in [0, 0.05) is 4.88 Å². The molecule has 1 unspecified atom stereocenters. The number of nitrogens with one attached hydrogen (secondary N) is 1. The number of fused-ring (bicyclic) bond motifs is 1. The third kappa shape index (κ3) is 5.72. The summed E-state index contributed by atoms with van der Waals surface area (Å²) in [4.78, 5) is 39.2. The summed E-state index contributed by atoms with van der Waals surface area (Å²) in [6.07, 6.45) is 6.53. The fraction of sp³-hybridized carbons (Fsp3) is 0.720. The Morgan fingerprint density at radius 1 is 1.09 bits per heavy atom. The normalized spacial score (nSPS) is 21.9. The van der Waals surface area contributed by atoms with Crippen LogP contribution in [0.1, 0.15) is 93.9 Å². The van der Waals surface area contributed by atoms with Crippen LogP contribution in [0.3, 0.4) is 0 Å². The van der Waals surface area contributed by atoms with Crippen LogP contribution >= 0.6 is 11.3 Å². The second-order valence-corrected chi connectivity index (χ2v) is 11.2. The van der Waals surface area contributed by atoms with Crippen molar-refractivity contribution in [2.45, 2.75) is 92.1 Å². The molecule has 2 aliphatic rings. The van der Waals surface area contributed by atoms with Crippen molar-refractivity contribution in [3.8, 4) is 0 Å². The Bertz CT molecular complexity index is 845. The summed E-state index contributed by atoms with van der Waals surface area (Å²) in [5, 5.41) is 3.35. The third-order valence-electron chi connectivity index (χ3n) is 6.84. The zero-order valence-corrected chi connectivity index (χ0v) is 20.9. The zero-order chi connectivity index (χ0) is 23.5. The fourth-order valence-electron chi connectivity index (χ4n) is 4.81. The van der Waals surface area contributed by atoms with E-state index in [0.717, 1.165) is 61.8 Å². The van der Waals surface area contributed by atoms with E-state index in [2.05, 4.69) is 26.1 Å². The maximum atomic E-state index is 12.8. The SMILES string of the molecule is CCOC(=O)c1c(NC(=O)C(C)OC(=O)C2CCC(C(C)(C)C)CC2)sc2c1CCCC2. The van der Waals surface area contributed by atoms with Gasteiger partial charge >= 0.3 is 11.9 Å². The molecular weight excluding hydrogens is 426 g/mol. The summed E-state index contributed by atoms with van der Waals surface area (Å²) in [6.45, 7) is 10.4. The van der Waals surface area contributed by atoms with E-state index in [-0.39, 0.29) is 23.9 Å². The van der Waals surface area contributed by atoms with Crippen LogP contribution in [0.5, 0.6) is 0 Å². The molecule has 1 heterocycles. The molecule has 1 amide bonds. The molecule has 0 bridgehead atoms. The van der Waals surface area contributed by atoms with Crippen LogP contribution in [0, 0.1) is 17.3 Å². The lowest BCUT2D eigenvalue weighted by Gasteiger charge is -2.36. The number of esters is 2. The van der Waals surface area contributed by atoms with E-state index in [1.807, 2.05) is 0 Å². The predicted molar refractivity (Wildman–Crippen MR) is 126 cm³/mol. The van der Waals surface area contributed by atoms with Crippen molar-refractivity contribution in [1.29, 1.82) is 0 Å². The maximum absolute atomic E-state index is 12.8. The molecule has 2 aliphatic carbocycles. The summed E-state index contributed by atoms with van der Waals surface area (Å²) in [5.41, 5.74) is 1.72. The number of ether oxygens (including phenoxy) is 2. The highest BCUT2D eigenvalue weighted by Gasteiger charge is 2.34. The van der Waals surface area contributed by atoms with Crippen LogP contribution in [-0.2, 0) is 31.9 Å². The molecule has 0 aromatic carbocycles. The van der Waals surface area contributed by atoms with Gasteiger partial charge < -0.3 is 14.8 Å². The number of carbonyl (C=O) groups is 3. The molecule has 1 N–H and O–H groups in total. The van der Waals surface area contributed by atoms with Crippen LogP contribution in [0.2, 0.25) is 0 Å². The van der Waals surface area contributed by atoms with E-state index in [1.54, 1.807) is 13.8 Å². The van der Waals surface area contributed by atoms with Gasteiger partial charge in [-0.25, -0.2) is 4.79 Å². The first-order valence-corrected chi connectivity index (χ1v) is 12.8. The summed E-state index contributed by atoms with van der Waals surface area (Å²) < 4.78 is 10.8. The first-order valence-electron chi connectivity index (χ1n) is 11.9. The van der Waals surface area contributed by atoms with Crippen molar-refractivity contribution in [2.75, 3.05) is 11.9 Å². The van der Waals surface area contributed by atoms with E-state index in [9.17, 15) is 14.4 Å². The molecule has 7 heteroatoms. The molecule has 1 aromatic heterocycles. The van der Waals surface area contributed by atoms with Gasteiger partial charge in [-0.2, -0.15) is 0 Å². The van der Waals surface area contributed by atoms with Gasteiger partial charge in [-0.05, 0) is 82.1 Å². The number of aryl methyl sites for hydroxylation is 1. The zero-order valence-electron chi connectivity index (χ0n) is 20.0. The molecule has 1 saturated carbocycles. The maximum Gasteiger partial charge on any atom is 0.341 e. The molecule has 32 heavy (non-hydrogen) atoms. The van der Waals surface area contributed by atoms with Gasteiger partial charge in [-0.1, -0.05) is 20.8 Å². The second kappa shape index (κ2) is 10.4. The topological polar surface area (TPSA) is 81.7 Å². The summed E-state index contributed by atoms with van der Waals surface area (Å²) in [7, 11) is 0. The summed E-state index contributed by atoms with van der Waals surface area (Å²) >= 11 is 1.44. The molecule has 0 saturated heterocycles. The van der Waals surface area contributed by atoms with Crippen LogP contribution in [-0.4, -0.2) is 30.6 Å². The van der Waals surface area contributed by atoms with Crippen molar-refractivity contribution in [3.63, 3.8) is 0 Å². The Kier molecular flexibility index (Phi) is 8.01. The van der Waals surface area contributed by atoms with E-state index in [4.69, 9.17) is 9.47 Å². The van der Waals surface area contributed by atoms with Gasteiger partial charge in [0.2, 0.25) is 0 Å². The Morgan fingerprint density at radius 2 is 1.75 bits per heavy atom. The van der Waals surface area contributed by atoms with Gasteiger partial charge in [0.1, 0.15) is 5.00 Å².